The van der Waals surface area contributed by atoms with Gasteiger partial charge in [-0.1, -0.05) is 6.07 Å². The van der Waals surface area contributed by atoms with Crippen LogP contribution in [0.25, 0.3) is 16.7 Å². The van der Waals surface area contributed by atoms with Gasteiger partial charge in [0.25, 0.3) is 0 Å². The molecule has 2 fully saturated rings. The number of aliphatic hydroxyl groups is 1. The van der Waals surface area contributed by atoms with E-state index >= 15 is 0 Å². The van der Waals surface area contributed by atoms with Gasteiger partial charge in [0.2, 0.25) is 5.95 Å². The highest BCUT2D eigenvalue weighted by molar-refractivity contribution is 5.89. The van der Waals surface area contributed by atoms with Crippen molar-refractivity contribution in [3.05, 3.63) is 36.0 Å². The summed E-state index contributed by atoms with van der Waals surface area (Å²) in [7, 11) is 0. The molecule has 1 aliphatic heterocycles. The molecular weight excluding hydrogens is 399 g/mol. The number of nitrogens with two attached hydrogens (primary N) is 1. The third-order valence-electron chi connectivity index (χ3n) is 5.48. The molecule has 2 aliphatic rings. The summed E-state index contributed by atoms with van der Waals surface area (Å²) >= 11 is 0. The minimum Gasteiger partial charge on any atom is -0.393 e. The van der Waals surface area contributed by atoms with Crippen molar-refractivity contribution in [2.24, 2.45) is 5.73 Å². The Balaban J connectivity index is 1.59. The standard InChI is InChI=1S/C19H20F3N7O/c20-19(21,22)10-2-1-3-13(4-10)29-17-15(7-24-29)16(28-8-11(23)9-28)26-18(27-17)25-12-5-14(30)6-12/h1-4,7,11-12,14,30H,5-6,8-9,23H2,(H,25,26,27). The van der Waals surface area contributed by atoms with Gasteiger partial charge >= 0.3 is 6.18 Å². The zero-order chi connectivity index (χ0) is 21.0. The number of aromatic nitrogens is 4. The molecule has 5 rings (SSSR count). The van der Waals surface area contributed by atoms with Gasteiger partial charge < -0.3 is 21.1 Å². The summed E-state index contributed by atoms with van der Waals surface area (Å²) in [6.45, 7) is 1.25. The predicted molar refractivity (Wildman–Crippen MR) is 105 cm³/mol. The summed E-state index contributed by atoms with van der Waals surface area (Å²) in [6, 6.07) is 5.06. The van der Waals surface area contributed by atoms with E-state index in [2.05, 4.69) is 20.4 Å². The van der Waals surface area contributed by atoms with Crippen LogP contribution in [-0.4, -0.2) is 56.1 Å². The number of alkyl halides is 3. The van der Waals surface area contributed by atoms with E-state index in [1.54, 1.807) is 12.3 Å². The topological polar surface area (TPSA) is 105 Å². The van der Waals surface area contributed by atoms with Crippen LogP contribution in [0.15, 0.2) is 30.5 Å². The van der Waals surface area contributed by atoms with E-state index in [9.17, 15) is 18.3 Å². The lowest BCUT2D eigenvalue weighted by Gasteiger charge is -2.38. The van der Waals surface area contributed by atoms with Gasteiger partial charge in [-0.25, -0.2) is 4.68 Å². The van der Waals surface area contributed by atoms with E-state index < -0.39 is 11.7 Å². The molecule has 0 unspecified atom stereocenters. The molecule has 2 aromatic heterocycles. The van der Waals surface area contributed by atoms with E-state index in [4.69, 9.17) is 5.73 Å². The van der Waals surface area contributed by atoms with Gasteiger partial charge in [-0.3, -0.25) is 0 Å². The van der Waals surface area contributed by atoms with Gasteiger partial charge in [-0.05, 0) is 31.0 Å². The molecule has 0 bridgehead atoms. The van der Waals surface area contributed by atoms with Crippen LogP contribution < -0.4 is 16.0 Å². The minimum atomic E-state index is -4.45. The Labute approximate surface area is 169 Å². The highest BCUT2D eigenvalue weighted by Crippen LogP contribution is 2.33. The Hall–Kier alpha value is -2.92. The summed E-state index contributed by atoms with van der Waals surface area (Å²) in [5.41, 5.74) is 5.82. The van der Waals surface area contributed by atoms with E-state index in [1.807, 2.05) is 4.90 Å². The predicted octanol–water partition coefficient (Wildman–Crippen LogP) is 1.92. The normalized spacial score (nSPS) is 22.1. The van der Waals surface area contributed by atoms with Crippen LogP contribution in [0.2, 0.25) is 0 Å². The first-order chi connectivity index (χ1) is 14.3. The van der Waals surface area contributed by atoms with Crippen molar-refractivity contribution in [2.45, 2.75) is 37.2 Å². The number of hydrogen-bond acceptors (Lipinski definition) is 7. The number of anilines is 2. The Morgan fingerprint density at radius 3 is 2.60 bits per heavy atom. The summed E-state index contributed by atoms with van der Waals surface area (Å²) in [6.07, 6.45) is -2.04. The van der Waals surface area contributed by atoms with Gasteiger partial charge in [0.15, 0.2) is 5.65 Å². The molecule has 1 saturated carbocycles. The number of nitrogens with one attached hydrogen (secondary N) is 1. The number of rotatable bonds is 4. The smallest absolute Gasteiger partial charge is 0.393 e. The molecule has 0 atom stereocenters. The molecule has 1 aromatic carbocycles. The van der Waals surface area contributed by atoms with Crippen molar-refractivity contribution < 1.29 is 18.3 Å². The fourth-order valence-corrected chi connectivity index (χ4v) is 3.78. The van der Waals surface area contributed by atoms with E-state index in [1.165, 1.54) is 10.7 Å². The molecule has 8 nitrogen and oxygen atoms in total. The van der Waals surface area contributed by atoms with E-state index in [-0.39, 0.29) is 23.9 Å². The van der Waals surface area contributed by atoms with Crippen LogP contribution >= 0.6 is 0 Å². The Morgan fingerprint density at radius 1 is 1.17 bits per heavy atom. The van der Waals surface area contributed by atoms with Gasteiger partial charge in [0, 0.05) is 25.2 Å². The molecule has 1 saturated heterocycles. The number of nitrogens with zero attached hydrogens (tertiary/aromatic N) is 5. The molecule has 3 heterocycles. The first kappa shape index (κ1) is 19.1. The molecule has 1 aliphatic carbocycles. The number of fused-ring (bicyclic) bond motifs is 1. The van der Waals surface area contributed by atoms with Crippen LogP contribution in [-0.2, 0) is 6.18 Å². The second kappa shape index (κ2) is 6.81. The summed E-state index contributed by atoms with van der Waals surface area (Å²) < 4.78 is 40.9. The monoisotopic (exact) mass is 419 g/mol. The van der Waals surface area contributed by atoms with Crippen molar-refractivity contribution in [1.82, 2.24) is 19.7 Å². The number of hydrogen-bond donors (Lipinski definition) is 3. The van der Waals surface area contributed by atoms with Crippen LogP contribution in [0.5, 0.6) is 0 Å². The Morgan fingerprint density at radius 2 is 1.93 bits per heavy atom. The van der Waals surface area contributed by atoms with E-state index in [0.717, 1.165) is 12.1 Å². The van der Waals surface area contributed by atoms with Gasteiger partial charge in [0.1, 0.15) is 5.82 Å². The molecule has 0 spiro atoms. The molecule has 30 heavy (non-hydrogen) atoms. The summed E-state index contributed by atoms with van der Waals surface area (Å²) in [5.74, 6) is 0.992. The van der Waals surface area contributed by atoms with Crippen molar-refractivity contribution >= 4 is 22.8 Å². The summed E-state index contributed by atoms with van der Waals surface area (Å²) in [5, 5.41) is 17.7. The first-order valence-electron chi connectivity index (χ1n) is 9.66. The molecule has 3 aromatic rings. The maximum Gasteiger partial charge on any atom is 0.416 e. The third kappa shape index (κ3) is 3.33. The quantitative estimate of drug-likeness (QED) is 0.593. The maximum atomic E-state index is 13.2. The highest BCUT2D eigenvalue weighted by atomic mass is 19.4. The fourth-order valence-electron chi connectivity index (χ4n) is 3.78. The third-order valence-corrected chi connectivity index (χ3v) is 5.48. The largest absolute Gasteiger partial charge is 0.416 e. The lowest BCUT2D eigenvalue weighted by molar-refractivity contribution is -0.137. The van der Waals surface area contributed by atoms with Crippen LogP contribution in [0.4, 0.5) is 24.9 Å². The van der Waals surface area contributed by atoms with Gasteiger partial charge in [-0.2, -0.15) is 28.2 Å². The van der Waals surface area contributed by atoms with Crippen molar-refractivity contribution in [3.63, 3.8) is 0 Å². The Kier molecular flexibility index (Phi) is 4.33. The SMILES string of the molecule is NC1CN(c2nc(NC3CC(O)C3)nc3c2cnn3-c2cccc(C(F)(F)F)c2)C1. The van der Waals surface area contributed by atoms with E-state index in [0.29, 0.717) is 48.7 Å². The minimum absolute atomic E-state index is 0.0479. The van der Waals surface area contributed by atoms with Gasteiger partial charge in [-0.15, -0.1) is 0 Å². The average molecular weight is 419 g/mol. The number of aliphatic hydroxyl groups excluding tert-OH is 1. The number of halogens is 3. The zero-order valence-electron chi connectivity index (χ0n) is 15.8. The summed E-state index contributed by atoms with van der Waals surface area (Å²) in [4.78, 5) is 11.1. The number of benzene rings is 1. The second-order valence-corrected chi connectivity index (χ2v) is 7.84. The van der Waals surface area contributed by atoms with Crippen LogP contribution in [0.1, 0.15) is 18.4 Å². The van der Waals surface area contributed by atoms with Crippen molar-refractivity contribution in [2.75, 3.05) is 23.3 Å². The Bertz CT molecular complexity index is 1090. The molecule has 11 heteroatoms. The van der Waals surface area contributed by atoms with Crippen molar-refractivity contribution in [1.29, 1.82) is 0 Å². The lowest BCUT2D eigenvalue weighted by Crippen LogP contribution is -2.56. The molecule has 4 N–H and O–H groups in total. The molecule has 0 radical (unpaired) electrons. The highest BCUT2D eigenvalue weighted by Gasteiger charge is 2.32. The average Bonchev–Trinajstić information content (AvgIpc) is 3.07. The van der Waals surface area contributed by atoms with Crippen molar-refractivity contribution in [3.8, 4) is 5.69 Å². The van der Waals surface area contributed by atoms with Crippen LogP contribution in [0, 0.1) is 0 Å². The van der Waals surface area contributed by atoms with Crippen LogP contribution in [0.3, 0.4) is 0 Å². The molecule has 158 valence electrons. The first-order valence-corrected chi connectivity index (χ1v) is 9.66. The lowest BCUT2D eigenvalue weighted by atomic mass is 9.90. The fraction of sp³-hybridized carbons (Fsp3) is 0.421. The molecular formula is C19H20F3N7O. The maximum absolute atomic E-state index is 13.2. The zero-order valence-corrected chi connectivity index (χ0v) is 15.8. The molecule has 0 amide bonds. The second-order valence-electron chi connectivity index (χ2n) is 7.84. The van der Waals surface area contributed by atoms with Gasteiger partial charge in [0.05, 0.1) is 28.9 Å².